The third-order valence-electron chi connectivity index (χ3n) is 1.76. The van der Waals surface area contributed by atoms with Gasteiger partial charge in [0.05, 0.1) is 5.75 Å². The van der Waals surface area contributed by atoms with Crippen molar-refractivity contribution >= 4 is 33.3 Å². The quantitative estimate of drug-likeness (QED) is 0.768. The molecule has 0 unspecified atom stereocenters. The van der Waals surface area contributed by atoms with E-state index in [9.17, 15) is 8.42 Å². The number of nitrogens with zero attached hydrogens (tertiary/aromatic N) is 3. The number of nitrogens with two attached hydrogens (primary N) is 1. The lowest BCUT2D eigenvalue weighted by Crippen LogP contribution is -2.18. The van der Waals surface area contributed by atoms with Crippen molar-refractivity contribution in [1.29, 1.82) is 0 Å². The minimum Gasteiger partial charge on any atom is -0.368 e. The number of hydrogen-bond acceptors (Lipinski definition) is 7. The van der Waals surface area contributed by atoms with Gasteiger partial charge in [-0.1, -0.05) is 6.92 Å². The number of sulfone groups is 1. The first-order valence-corrected chi connectivity index (χ1v) is 6.74. The highest BCUT2D eigenvalue weighted by Crippen LogP contribution is 2.06. The topological polar surface area (TPSA) is 111 Å². The molecule has 1 aromatic heterocycles. The highest BCUT2D eigenvalue weighted by atomic mass is 35.5. The molecular weight excluding hydrogens is 254 g/mol. The summed E-state index contributed by atoms with van der Waals surface area (Å²) >= 11 is 5.55. The van der Waals surface area contributed by atoms with Crippen molar-refractivity contribution in [2.75, 3.05) is 29.1 Å². The van der Waals surface area contributed by atoms with E-state index in [2.05, 4.69) is 20.3 Å². The van der Waals surface area contributed by atoms with E-state index in [4.69, 9.17) is 17.3 Å². The number of anilines is 2. The predicted octanol–water partition coefficient (Wildman–Crippen LogP) is -0.0462. The number of nitrogens with one attached hydrogen (secondary N) is 1. The Labute approximate surface area is 98.4 Å². The molecular formula is C7H12ClN5O2S. The number of rotatable bonds is 5. The van der Waals surface area contributed by atoms with E-state index >= 15 is 0 Å². The average molecular weight is 266 g/mol. The summed E-state index contributed by atoms with van der Waals surface area (Å²) < 4.78 is 22.4. The molecule has 0 aliphatic heterocycles. The van der Waals surface area contributed by atoms with Crippen molar-refractivity contribution in [3.05, 3.63) is 5.28 Å². The molecule has 7 nitrogen and oxygen atoms in total. The molecule has 16 heavy (non-hydrogen) atoms. The van der Waals surface area contributed by atoms with Gasteiger partial charge in [0, 0.05) is 12.3 Å². The molecule has 0 bridgehead atoms. The van der Waals surface area contributed by atoms with Crippen LogP contribution in [-0.4, -0.2) is 41.4 Å². The van der Waals surface area contributed by atoms with Crippen molar-refractivity contribution in [3.8, 4) is 0 Å². The Kier molecular flexibility index (Phi) is 4.25. The van der Waals surface area contributed by atoms with Gasteiger partial charge in [-0.15, -0.1) is 0 Å². The van der Waals surface area contributed by atoms with Crippen molar-refractivity contribution in [1.82, 2.24) is 15.0 Å². The highest BCUT2D eigenvalue weighted by Gasteiger charge is 2.07. The maximum absolute atomic E-state index is 11.2. The third-order valence-corrected chi connectivity index (χ3v) is 3.64. The molecule has 0 amide bonds. The fourth-order valence-electron chi connectivity index (χ4n) is 0.907. The van der Waals surface area contributed by atoms with Gasteiger partial charge in [-0.05, 0) is 11.6 Å². The second-order valence-electron chi connectivity index (χ2n) is 2.95. The Morgan fingerprint density at radius 3 is 2.62 bits per heavy atom. The molecule has 1 heterocycles. The predicted molar refractivity (Wildman–Crippen MR) is 62.1 cm³/mol. The van der Waals surface area contributed by atoms with Crippen LogP contribution in [0.3, 0.4) is 0 Å². The van der Waals surface area contributed by atoms with Crippen LogP contribution in [0.5, 0.6) is 0 Å². The molecule has 3 N–H and O–H groups in total. The van der Waals surface area contributed by atoms with Crippen LogP contribution in [0, 0.1) is 0 Å². The molecule has 9 heteroatoms. The van der Waals surface area contributed by atoms with Gasteiger partial charge in [-0.2, -0.15) is 15.0 Å². The molecule has 0 spiro atoms. The van der Waals surface area contributed by atoms with Crippen LogP contribution in [0.15, 0.2) is 0 Å². The fourth-order valence-corrected chi connectivity index (χ4v) is 1.78. The summed E-state index contributed by atoms with van der Waals surface area (Å²) in [5.41, 5.74) is 5.34. The summed E-state index contributed by atoms with van der Waals surface area (Å²) in [5.74, 6) is 0.270. The van der Waals surface area contributed by atoms with Gasteiger partial charge in [0.25, 0.3) is 0 Å². The van der Waals surface area contributed by atoms with Crippen molar-refractivity contribution in [3.63, 3.8) is 0 Å². The summed E-state index contributed by atoms with van der Waals surface area (Å²) in [7, 11) is -3.01. The molecule has 0 radical (unpaired) electrons. The average Bonchev–Trinajstić information content (AvgIpc) is 2.16. The van der Waals surface area contributed by atoms with E-state index in [1.165, 1.54) is 0 Å². The first-order chi connectivity index (χ1) is 7.43. The van der Waals surface area contributed by atoms with Gasteiger partial charge in [-0.25, -0.2) is 8.42 Å². The molecule has 0 aliphatic carbocycles. The maximum atomic E-state index is 11.2. The molecule has 1 aromatic rings. The Morgan fingerprint density at radius 2 is 2.06 bits per heavy atom. The summed E-state index contributed by atoms with van der Waals surface area (Å²) in [4.78, 5) is 11.1. The van der Waals surface area contributed by atoms with Crippen LogP contribution in [0.1, 0.15) is 6.92 Å². The smallest absolute Gasteiger partial charge is 0.228 e. The second-order valence-corrected chi connectivity index (χ2v) is 5.76. The van der Waals surface area contributed by atoms with Crippen molar-refractivity contribution in [2.45, 2.75) is 6.92 Å². The zero-order valence-corrected chi connectivity index (χ0v) is 10.2. The number of nitrogen functional groups attached to an aromatic ring is 1. The summed E-state index contributed by atoms with van der Waals surface area (Å²) in [5, 5.41) is 2.68. The number of halogens is 1. The van der Waals surface area contributed by atoms with Crippen LogP contribution >= 0.6 is 11.6 Å². The van der Waals surface area contributed by atoms with E-state index in [0.29, 0.717) is 0 Å². The molecule has 0 saturated carbocycles. The second kappa shape index (κ2) is 5.26. The van der Waals surface area contributed by atoms with E-state index in [1.54, 1.807) is 6.92 Å². The monoisotopic (exact) mass is 265 g/mol. The van der Waals surface area contributed by atoms with E-state index < -0.39 is 9.84 Å². The lowest BCUT2D eigenvalue weighted by atomic mass is 10.7. The maximum Gasteiger partial charge on any atom is 0.228 e. The van der Waals surface area contributed by atoms with E-state index in [1.807, 2.05) is 0 Å². The fraction of sp³-hybridized carbons (Fsp3) is 0.571. The van der Waals surface area contributed by atoms with Gasteiger partial charge in [0.1, 0.15) is 0 Å². The standard InChI is InChI=1S/C7H12ClN5O2S/c1-2-16(14,15)4-3-10-7-12-5(8)11-6(9)13-7/h2-4H2,1H3,(H3,9,10,11,12,13). The third kappa shape index (κ3) is 4.15. The number of hydrogen-bond donors (Lipinski definition) is 2. The zero-order valence-electron chi connectivity index (χ0n) is 8.64. The molecule has 1 rings (SSSR count). The minimum atomic E-state index is -3.01. The highest BCUT2D eigenvalue weighted by molar-refractivity contribution is 7.91. The molecule has 0 saturated heterocycles. The molecule has 90 valence electrons. The number of aromatic nitrogens is 3. The molecule has 0 fully saturated rings. The van der Waals surface area contributed by atoms with Crippen LogP contribution in [0.25, 0.3) is 0 Å². The summed E-state index contributed by atoms with van der Waals surface area (Å²) in [6.45, 7) is 1.79. The lowest BCUT2D eigenvalue weighted by molar-refractivity contribution is 0.597. The van der Waals surface area contributed by atoms with Crippen LogP contribution < -0.4 is 11.1 Å². The Balaban J connectivity index is 2.55. The minimum absolute atomic E-state index is 0.00665. The van der Waals surface area contributed by atoms with Gasteiger partial charge < -0.3 is 11.1 Å². The van der Waals surface area contributed by atoms with Gasteiger partial charge in [0.15, 0.2) is 9.84 Å². The summed E-state index contributed by atoms with van der Waals surface area (Å²) in [6, 6.07) is 0. The van der Waals surface area contributed by atoms with Gasteiger partial charge in [0.2, 0.25) is 17.2 Å². The Bertz CT molecular complexity index is 444. The SMILES string of the molecule is CCS(=O)(=O)CCNc1nc(N)nc(Cl)n1. The van der Waals surface area contributed by atoms with E-state index in [-0.39, 0.29) is 35.2 Å². The summed E-state index contributed by atoms with van der Waals surface area (Å²) in [6.07, 6.45) is 0. The van der Waals surface area contributed by atoms with Gasteiger partial charge >= 0.3 is 0 Å². The zero-order chi connectivity index (χ0) is 12.2. The van der Waals surface area contributed by atoms with Crippen LogP contribution in [0.4, 0.5) is 11.9 Å². The molecule has 0 atom stereocenters. The molecule has 0 aromatic carbocycles. The lowest BCUT2D eigenvalue weighted by Gasteiger charge is -2.04. The van der Waals surface area contributed by atoms with E-state index in [0.717, 1.165) is 0 Å². The normalized spacial score (nSPS) is 11.4. The Morgan fingerprint density at radius 1 is 1.38 bits per heavy atom. The van der Waals surface area contributed by atoms with Crippen LogP contribution in [0.2, 0.25) is 5.28 Å². The van der Waals surface area contributed by atoms with Gasteiger partial charge in [-0.3, -0.25) is 0 Å². The van der Waals surface area contributed by atoms with Crippen molar-refractivity contribution < 1.29 is 8.42 Å². The first-order valence-electron chi connectivity index (χ1n) is 4.54. The van der Waals surface area contributed by atoms with Crippen molar-refractivity contribution in [2.24, 2.45) is 0 Å². The largest absolute Gasteiger partial charge is 0.368 e. The Hall–Kier alpha value is -1.15. The van der Waals surface area contributed by atoms with Crippen LogP contribution in [-0.2, 0) is 9.84 Å². The first kappa shape index (κ1) is 12.9. The molecule has 0 aliphatic rings.